The molecule has 20 heavy (non-hydrogen) atoms. The average Bonchev–Trinajstić information content (AvgIpc) is 2.39. The van der Waals surface area contributed by atoms with Gasteiger partial charge in [0.2, 0.25) is 0 Å². The Morgan fingerprint density at radius 1 is 0.850 bits per heavy atom. The summed E-state index contributed by atoms with van der Waals surface area (Å²) >= 11 is 0. The van der Waals surface area contributed by atoms with Gasteiger partial charge in [0.05, 0.1) is 13.2 Å². The monoisotopic (exact) mass is 518 g/mol. The maximum absolute atomic E-state index is 8.77. The summed E-state index contributed by atoms with van der Waals surface area (Å²) in [6.07, 6.45) is 1.80. The van der Waals surface area contributed by atoms with Crippen LogP contribution in [0.4, 0.5) is 0 Å². The van der Waals surface area contributed by atoms with E-state index >= 15 is 0 Å². The maximum atomic E-state index is 8.77. The fourth-order valence-electron chi connectivity index (χ4n) is 1.45. The first-order chi connectivity index (χ1) is 8.85. The van der Waals surface area contributed by atoms with Crippen LogP contribution in [0.15, 0.2) is 0 Å². The molecule has 0 bridgehead atoms. The van der Waals surface area contributed by atoms with Crippen molar-refractivity contribution in [1.82, 2.24) is 4.90 Å². The predicted octanol–water partition coefficient (Wildman–Crippen LogP) is 0.752. The Balaban J connectivity index is -0.00000144. The van der Waals surface area contributed by atoms with Crippen LogP contribution in [-0.2, 0) is 18.9 Å². The van der Waals surface area contributed by atoms with E-state index in [2.05, 4.69) is 4.90 Å². The molecule has 6 nitrogen and oxygen atoms in total. The predicted molar refractivity (Wildman–Crippen MR) is 74.8 cm³/mol. The van der Waals surface area contributed by atoms with Gasteiger partial charge in [-0.25, -0.2) is 0 Å². The summed E-state index contributed by atoms with van der Waals surface area (Å²) in [5.41, 5.74) is 0. The van der Waals surface area contributed by atoms with Gasteiger partial charge in [0.25, 0.3) is 0 Å². The molecule has 0 amide bonds. The number of nitrogens with zero attached hydrogens (tertiary/aromatic N) is 1. The molecule has 0 saturated heterocycles. The first-order valence-corrected chi connectivity index (χ1v) is 6.31. The van der Waals surface area contributed by atoms with Crippen LogP contribution >= 0.6 is 0 Å². The normalized spacial score (nSPS) is 10.2. The summed E-state index contributed by atoms with van der Waals surface area (Å²) in [5, 5.41) is 8.77. The van der Waals surface area contributed by atoms with Crippen molar-refractivity contribution in [3.05, 3.63) is 7.43 Å². The SMILES string of the molecule is COCOCCN(CCCCO)CCOCOC.[CH3-].[U]. The Morgan fingerprint density at radius 2 is 1.35 bits per heavy atom. The van der Waals surface area contributed by atoms with Crippen LogP contribution in [0.3, 0.4) is 0 Å². The molecule has 122 valence electrons. The Hall–Kier alpha value is 0.812. The minimum absolute atomic E-state index is 0. The summed E-state index contributed by atoms with van der Waals surface area (Å²) in [6, 6.07) is 0. The molecule has 0 aromatic heterocycles. The molecule has 0 aliphatic heterocycles. The van der Waals surface area contributed by atoms with Crippen LogP contribution in [-0.4, -0.2) is 77.3 Å². The van der Waals surface area contributed by atoms with Gasteiger partial charge in [0, 0.05) is 65.0 Å². The second kappa shape index (κ2) is 22.1. The van der Waals surface area contributed by atoms with Crippen LogP contribution in [0, 0.1) is 38.5 Å². The number of methoxy groups -OCH3 is 2. The third-order valence-corrected chi connectivity index (χ3v) is 2.39. The topological polar surface area (TPSA) is 60.4 Å². The number of hydrogen-bond donors (Lipinski definition) is 1. The van der Waals surface area contributed by atoms with E-state index in [0.29, 0.717) is 26.8 Å². The molecule has 0 rings (SSSR count). The van der Waals surface area contributed by atoms with E-state index in [4.69, 9.17) is 24.1 Å². The average molecular weight is 518 g/mol. The Kier molecular flexibility index (Phi) is 28.5. The molecule has 0 unspecified atom stereocenters. The fraction of sp³-hybridized carbons (Fsp3) is 0.923. The smallest absolute Gasteiger partial charge is 0.146 e. The molecule has 0 atom stereocenters. The van der Waals surface area contributed by atoms with Gasteiger partial charge in [0.15, 0.2) is 0 Å². The maximum Gasteiger partial charge on any atom is 0.146 e. The number of aliphatic hydroxyl groups is 1. The first kappa shape index (κ1) is 25.7. The molecule has 0 spiro atoms. The van der Waals surface area contributed by atoms with Crippen LogP contribution in [0.25, 0.3) is 0 Å². The van der Waals surface area contributed by atoms with Crippen molar-refractivity contribution in [3.8, 4) is 0 Å². The van der Waals surface area contributed by atoms with Crippen LogP contribution < -0.4 is 0 Å². The van der Waals surface area contributed by atoms with Gasteiger partial charge in [-0.15, -0.1) is 0 Å². The van der Waals surface area contributed by atoms with Crippen molar-refractivity contribution in [2.45, 2.75) is 12.8 Å². The summed E-state index contributed by atoms with van der Waals surface area (Å²) in [5.74, 6) is 0. The minimum Gasteiger partial charge on any atom is -0.396 e. The van der Waals surface area contributed by atoms with E-state index in [-0.39, 0.29) is 45.1 Å². The van der Waals surface area contributed by atoms with Gasteiger partial charge < -0.3 is 31.5 Å². The zero-order valence-corrected chi connectivity index (χ0v) is 17.3. The van der Waals surface area contributed by atoms with Gasteiger partial charge in [0.1, 0.15) is 13.6 Å². The summed E-state index contributed by atoms with van der Waals surface area (Å²) < 4.78 is 20.2. The second-order valence-electron chi connectivity index (χ2n) is 3.90. The van der Waals surface area contributed by atoms with Crippen molar-refractivity contribution in [3.63, 3.8) is 0 Å². The summed E-state index contributed by atoms with van der Waals surface area (Å²) in [7, 11) is 3.22. The van der Waals surface area contributed by atoms with Crippen LogP contribution in [0.1, 0.15) is 12.8 Å². The molecule has 0 saturated carbocycles. The van der Waals surface area contributed by atoms with Crippen molar-refractivity contribution in [2.24, 2.45) is 0 Å². The van der Waals surface area contributed by atoms with Gasteiger partial charge in [-0.1, -0.05) is 0 Å². The molecule has 7 heteroatoms. The molecule has 0 aromatic rings. The Labute approximate surface area is 147 Å². The number of unbranched alkanes of at least 4 members (excludes halogenated alkanes) is 1. The van der Waals surface area contributed by atoms with Crippen molar-refractivity contribution in [2.75, 3.05) is 67.3 Å². The Morgan fingerprint density at radius 3 is 1.75 bits per heavy atom. The number of rotatable bonds is 14. The van der Waals surface area contributed by atoms with Gasteiger partial charge in [-0.2, -0.15) is 0 Å². The van der Waals surface area contributed by atoms with E-state index in [9.17, 15) is 0 Å². The van der Waals surface area contributed by atoms with Gasteiger partial charge in [-0.3, -0.25) is 4.90 Å². The molecule has 0 radical (unpaired) electrons. The third-order valence-electron chi connectivity index (χ3n) is 2.39. The second-order valence-corrected chi connectivity index (χ2v) is 3.90. The third kappa shape index (κ3) is 18.8. The summed E-state index contributed by atoms with van der Waals surface area (Å²) in [4.78, 5) is 2.25. The van der Waals surface area contributed by atoms with E-state index in [0.717, 1.165) is 32.5 Å². The zero-order chi connectivity index (χ0) is 13.5. The standard InChI is InChI=1S/C12H27NO5.CH3.U/c1-15-11-17-9-6-13(5-3-4-8-14)7-10-18-12-16-2;;/h14H,3-12H2,1-2H3;1H3;/q;-1;. The number of hydrogen-bond acceptors (Lipinski definition) is 6. The van der Waals surface area contributed by atoms with Crippen molar-refractivity contribution < 1.29 is 55.2 Å². The molecule has 0 heterocycles. The van der Waals surface area contributed by atoms with Gasteiger partial charge in [-0.05, 0) is 19.4 Å². The molecular weight excluding hydrogens is 488 g/mol. The van der Waals surface area contributed by atoms with E-state index < -0.39 is 0 Å². The van der Waals surface area contributed by atoms with Crippen molar-refractivity contribution >= 4 is 0 Å². The number of aliphatic hydroxyl groups excluding tert-OH is 1. The van der Waals surface area contributed by atoms with Crippen LogP contribution in [0.5, 0.6) is 0 Å². The zero-order valence-electron chi connectivity index (χ0n) is 13.1. The van der Waals surface area contributed by atoms with E-state index in [1.54, 1.807) is 14.2 Å². The molecule has 0 aromatic carbocycles. The molecule has 0 aliphatic carbocycles. The first-order valence-electron chi connectivity index (χ1n) is 6.31. The largest absolute Gasteiger partial charge is 0.396 e. The molecule has 0 fully saturated rings. The van der Waals surface area contributed by atoms with Gasteiger partial charge >= 0.3 is 0 Å². The molecular formula is C13H30NO5U-. The number of ether oxygens (including phenoxy) is 4. The Bertz CT molecular complexity index is 154. The fourth-order valence-corrected chi connectivity index (χ4v) is 1.45. The molecule has 1 N–H and O–H groups in total. The van der Waals surface area contributed by atoms with E-state index in [1.165, 1.54) is 0 Å². The van der Waals surface area contributed by atoms with Crippen LogP contribution in [0.2, 0.25) is 0 Å². The quantitative estimate of drug-likeness (QED) is 0.208. The van der Waals surface area contributed by atoms with E-state index in [1.807, 2.05) is 0 Å². The minimum atomic E-state index is 0. The summed E-state index contributed by atoms with van der Waals surface area (Å²) in [6.45, 7) is 4.78. The molecule has 0 aliphatic rings. The van der Waals surface area contributed by atoms with Crippen molar-refractivity contribution in [1.29, 1.82) is 0 Å².